The summed E-state index contributed by atoms with van der Waals surface area (Å²) in [6.45, 7) is 0.210. The zero-order valence-corrected chi connectivity index (χ0v) is 20.2. The molecule has 1 saturated carbocycles. The van der Waals surface area contributed by atoms with Crippen molar-refractivity contribution >= 4 is 22.6 Å². The van der Waals surface area contributed by atoms with E-state index in [1.165, 1.54) is 19.2 Å². The molecule has 192 valence electrons. The normalized spacial score (nSPS) is 17.6. The van der Waals surface area contributed by atoms with Crippen LogP contribution < -0.4 is 21.3 Å². The SMILES string of the molecule is COc1ccc(F)cc1C(=O)NCc1ccc(-c2nn([C@H]3CC[C@@H](O)CC3)c3c(=O)[nH]nc(N)c23)cc1. The number of halogens is 1. The van der Waals surface area contributed by atoms with Crippen LogP contribution >= 0.6 is 0 Å². The number of hydrogen-bond donors (Lipinski definition) is 4. The van der Waals surface area contributed by atoms with Crippen LogP contribution in [0, 0.1) is 5.82 Å². The Labute approximate surface area is 211 Å². The lowest BCUT2D eigenvalue weighted by Crippen LogP contribution is -2.24. The third kappa shape index (κ3) is 4.77. The quantitative estimate of drug-likeness (QED) is 0.314. The van der Waals surface area contributed by atoms with Crippen molar-refractivity contribution < 1.29 is 19.0 Å². The number of aromatic amines is 1. The third-order valence-electron chi connectivity index (χ3n) is 6.76. The lowest BCUT2D eigenvalue weighted by atomic mass is 9.93. The second-order valence-electron chi connectivity index (χ2n) is 9.14. The first kappa shape index (κ1) is 24.4. The van der Waals surface area contributed by atoms with Gasteiger partial charge in [-0.3, -0.25) is 14.3 Å². The van der Waals surface area contributed by atoms with Crippen LogP contribution in [0.25, 0.3) is 22.2 Å². The Balaban J connectivity index is 1.41. The molecule has 0 saturated heterocycles. The minimum Gasteiger partial charge on any atom is -0.496 e. The molecule has 0 radical (unpaired) electrons. The number of nitrogens with one attached hydrogen (secondary N) is 2. The highest BCUT2D eigenvalue weighted by Gasteiger charge is 2.27. The van der Waals surface area contributed by atoms with Crippen molar-refractivity contribution in [2.75, 3.05) is 12.8 Å². The maximum absolute atomic E-state index is 13.6. The van der Waals surface area contributed by atoms with Crippen LogP contribution in [0.5, 0.6) is 5.75 Å². The number of aliphatic hydroxyl groups excluding tert-OH is 1. The standard InChI is InChI=1S/C26H27FN6O4/c1-37-20-11-6-16(27)12-19(20)25(35)29-13-14-2-4-15(5-3-14)22-21-23(26(36)31-30-24(21)28)33(32-22)17-7-9-18(34)10-8-17/h2-6,11-12,17-18,34H,7-10,13H2,1H3,(H2,28,30)(H,29,35)(H,31,36)/t17-,18+. The molecule has 5 rings (SSSR count). The molecule has 0 atom stereocenters. The zero-order chi connectivity index (χ0) is 26.1. The van der Waals surface area contributed by atoms with Gasteiger partial charge in [-0.25, -0.2) is 9.49 Å². The lowest BCUT2D eigenvalue weighted by Gasteiger charge is -2.25. The van der Waals surface area contributed by atoms with Gasteiger partial charge in [0.1, 0.15) is 22.8 Å². The van der Waals surface area contributed by atoms with E-state index in [4.69, 9.17) is 15.6 Å². The van der Waals surface area contributed by atoms with Crippen molar-refractivity contribution in [1.82, 2.24) is 25.3 Å². The Hall–Kier alpha value is -4.25. The number of nitrogens with zero attached hydrogens (tertiary/aromatic N) is 3. The number of carbonyl (C=O) groups excluding carboxylic acids is 1. The highest BCUT2D eigenvalue weighted by Crippen LogP contribution is 2.35. The Morgan fingerprint density at radius 3 is 2.65 bits per heavy atom. The molecule has 1 aliphatic rings. The van der Waals surface area contributed by atoms with E-state index >= 15 is 0 Å². The smallest absolute Gasteiger partial charge is 0.290 e. The maximum atomic E-state index is 13.6. The van der Waals surface area contributed by atoms with Crippen LogP contribution in [0.2, 0.25) is 0 Å². The summed E-state index contributed by atoms with van der Waals surface area (Å²) >= 11 is 0. The molecule has 0 aliphatic heterocycles. The van der Waals surface area contributed by atoms with E-state index in [-0.39, 0.29) is 41.4 Å². The summed E-state index contributed by atoms with van der Waals surface area (Å²) in [6, 6.07) is 11.1. The second-order valence-corrected chi connectivity index (χ2v) is 9.14. The van der Waals surface area contributed by atoms with E-state index in [1.54, 1.807) is 4.68 Å². The van der Waals surface area contributed by atoms with Crippen molar-refractivity contribution in [3.8, 4) is 17.0 Å². The maximum Gasteiger partial charge on any atom is 0.290 e. The summed E-state index contributed by atoms with van der Waals surface area (Å²) in [5.41, 5.74) is 8.35. The summed E-state index contributed by atoms with van der Waals surface area (Å²) in [6.07, 6.45) is 2.35. The predicted octanol–water partition coefficient (Wildman–Crippen LogP) is 2.92. The Morgan fingerprint density at radius 2 is 1.95 bits per heavy atom. The van der Waals surface area contributed by atoms with Gasteiger partial charge in [-0.15, -0.1) is 0 Å². The van der Waals surface area contributed by atoms with Crippen molar-refractivity contribution in [2.24, 2.45) is 0 Å². The van der Waals surface area contributed by atoms with E-state index in [1.807, 2.05) is 24.3 Å². The van der Waals surface area contributed by atoms with E-state index in [0.29, 0.717) is 42.3 Å². The number of fused-ring (bicyclic) bond motifs is 1. The van der Waals surface area contributed by atoms with Gasteiger partial charge in [-0.05, 0) is 49.4 Å². The average Bonchev–Trinajstić information content (AvgIpc) is 3.32. The van der Waals surface area contributed by atoms with Crippen molar-refractivity contribution in [2.45, 2.75) is 44.4 Å². The molecule has 2 aromatic heterocycles. The number of rotatable bonds is 6. The predicted molar refractivity (Wildman–Crippen MR) is 136 cm³/mol. The summed E-state index contributed by atoms with van der Waals surface area (Å²) in [5, 5.41) is 24.3. The second kappa shape index (κ2) is 10.0. The minimum absolute atomic E-state index is 0.0307. The first-order valence-electron chi connectivity index (χ1n) is 12.0. The fourth-order valence-electron chi connectivity index (χ4n) is 4.80. The molecule has 0 spiro atoms. The van der Waals surface area contributed by atoms with E-state index in [9.17, 15) is 19.1 Å². The summed E-state index contributed by atoms with van der Waals surface area (Å²) in [4.78, 5) is 25.3. The number of methoxy groups -OCH3 is 1. The fraction of sp³-hybridized carbons (Fsp3) is 0.308. The van der Waals surface area contributed by atoms with Crippen molar-refractivity contribution in [3.05, 3.63) is 69.8 Å². The topological polar surface area (TPSA) is 148 Å². The molecular weight excluding hydrogens is 479 g/mol. The van der Waals surface area contributed by atoms with Gasteiger partial charge in [-0.2, -0.15) is 10.2 Å². The number of hydrogen-bond acceptors (Lipinski definition) is 7. The van der Waals surface area contributed by atoms with Crippen LogP contribution in [0.3, 0.4) is 0 Å². The number of ether oxygens (including phenoxy) is 1. The van der Waals surface area contributed by atoms with E-state index in [2.05, 4.69) is 15.5 Å². The molecule has 10 nitrogen and oxygen atoms in total. The molecule has 37 heavy (non-hydrogen) atoms. The molecule has 11 heteroatoms. The molecule has 0 bridgehead atoms. The van der Waals surface area contributed by atoms with E-state index in [0.717, 1.165) is 17.2 Å². The van der Waals surface area contributed by atoms with Crippen molar-refractivity contribution in [1.29, 1.82) is 0 Å². The molecule has 2 aromatic carbocycles. The number of benzene rings is 2. The van der Waals surface area contributed by atoms with Gasteiger partial charge in [0.2, 0.25) is 0 Å². The van der Waals surface area contributed by atoms with Gasteiger partial charge in [0.05, 0.1) is 30.2 Å². The molecule has 1 aliphatic carbocycles. The molecule has 1 amide bonds. The first-order valence-corrected chi connectivity index (χ1v) is 12.0. The number of carbonyl (C=O) groups is 1. The van der Waals surface area contributed by atoms with Gasteiger partial charge >= 0.3 is 0 Å². The van der Waals surface area contributed by atoms with Gasteiger partial charge in [0.25, 0.3) is 11.5 Å². The summed E-state index contributed by atoms with van der Waals surface area (Å²) in [7, 11) is 1.42. The zero-order valence-electron chi connectivity index (χ0n) is 20.2. The minimum atomic E-state index is -0.529. The van der Waals surface area contributed by atoms with Crippen LogP contribution in [0.1, 0.15) is 47.6 Å². The Morgan fingerprint density at radius 1 is 1.22 bits per heavy atom. The molecule has 4 aromatic rings. The molecule has 0 unspecified atom stereocenters. The van der Waals surface area contributed by atoms with Gasteiger partial charge in [0, 0.05) is 12.1 Å². The van der Waals surface area contributed by atoms with Crippen LogP contribution in [0.15, 0.2) is 47.3 Å². The molecule has 1 fully saturated rings. The number of aliphatic hydroxyl groups is 1. The van der Waals surface area contributed by atoms with Gasteiger partial charge < -0.3 is 20.9 Å². The monoisotopic (exact) mass is 506 g/mol. The summed E-state index contributed by atoms with van der Waals surface area (Å²) < 4.78 is 20.5. The average molecular weight is 507 g/mol. The lowest BCUT2D eigenvalue weighted by molar-refractivity contribution is 0.0947. The number of nitrogens with two attached hydrogens (primary N) is 1. The van der Waals surface area contributed by atoms with E-state index < -0.39 is 11.7 Å². The highest BCUT2D eigenvalue weighted by atomic mass is 19.1. The highest BCUT2D eigenvalue weighted by molar-refractivity contribution is 5.99. The van der Waals surface area contributed by atoms with Gasteiger partial charge in [0.15, 0.2) is 5.82 Å². The van der Waals surface area contributed by atoms with Crippen LogP contribution in [-0.2, 0) is 6.54 Å². The number of anilines is 1. The van der Waals surface area contributed by atoms with Crippen molar-refractivity contribution in [3.63, 3.8) is 0 Å². The first-order chi connectivity index (χ1) is 17.9. The number of H-pyrrole nitrogens is 1. The molecule has 5 N–H and O–H groups in total. The number of aromatic nitrogens is 4. The fourth-order valence-corrected chi connectivity index (χ4v) is 4.80. The number of nitrogen functional groups attached to an aromatic ring is 1. The molecule has 2 heterocycles. The van der Waals surface area contributed by atoms with Crippen LogP contribution in [0.4, 0.5) is 10.2 Å². The Bertz CT molecular complexity index is 1510. The van der Waals surface area contributed by atoms with Gasteiger partial charge in [-0.1, -0.05) is 24.3 Å². The Kier molecular flexibility index (Phi) is 6.62. The molecular formula is C26H27FN6O4. The third-order valence-corrected chi connectivity index (χ3v) is 6.76. The summed E-state index contributed by atoms with van der Waals surface area (Å²) in [5.74, 6) is -0.530. The number of amides is 1. The largest absolute Gasteiger partial charge is 0.496 e. The van der Waals surface area contributed by atoms with Crippen LogP contribution in [-0.4, -0.2) is 44.2 Å².